The summed E-state index contributed by atoms with van der Waals surface area (Å²) in [5.74, 6) is 0.0254. The second-order valence-electron chi connectivity index (χ2n) is 6.39. The van der Waals surface area contributed by atoms with Crippen LogP contribution in [0, 0.1) is 0 Å². The number of morpholine rings is 1. The lowest BCUT2D eigenvalue weighted by atomic mass is 10.1. The molecule has 0 aliphatic carbocycles. The van der Waals surface area contributed by atoms with Gasteiger partial charge in [0.2, 0.25) is 5.91 Å². The van der Waals surface area contributed by atoms with Crippen molar-refractivity contribution in [3.05, 3.63) is 23.8 Å². The molecule has 1 heterocycles. The van der Waals surface area contributed by atoms with E-state index in [4.69, 9.17) is 10.5 Å². The molecule has 3 atom stereocenters. The molecule has 3 unspecified atom stereocenters. The van der Waals surface area contributed by atoms with Crippen LogP contribution in [0.15, 0.2) is 18.2 Å². The number of hydrogen-bond donors (Lipinski definition) is 2. The number of hydrogen-bond acceptors (Lipinski definition) is 4. The fourth-order valence-corrected chi connectivity index (χ4v) is 3.30. The average molecular weight is 319 g/mol. The van der Waals surface area contributed by atoms with Crippen LogP contribution in [0.25, 0.3) is 0 Å². The van der Waals surface area contributed by atoms with Gasteiger partial charge in [0.15, 0.2) is 0 Å². The molecule has 0 radical (unpaired) electrons. The number of nitrogens with one attached hydrogen (secondary N) is 1. The Morgan fingerprint density at radius 1 is 1.35 bits per heavy atom. The zero-order chi connectivity index (χ0) is 17.0. The van der Waals surface area contributed by atoms with Crippen LogP contribution in [-0.2, 0) is 16.0 Å². The van der Waals surface area contributed by atoms with Gasteiger partial charge in [0.25, 0.3) is 0 Å². The number of ether oxygens (including phenoxy) is 1. The first-order chi connectivity index (χ1) is 10.9. The van der Waals surface area contributed by atoms with Crippen LogP contribution < -0.4 is 11.1 Å². The van der Waals surface area contributed by atoms with Crippen molar-refractivity contribution in [2.75, 3.05) is 24.1 Å². The van der Waals surface area contributed by atoms with Crippen LogP contribution in [0.5, 0.6) is 0 Å². The van der Waals surface area contributed by atoms with E-state index in [0.29, 0.717) is 0 Å². The maximum atomic E-state index is 12.7. The fourth-order valence-electron chi connectivity index (χ4n) is 3.30. The predicted molar refractivity (Wildman–Crippen MR) is 94.5 cm³/mol. The van der Waals surface area contributed by atoms with Crippen LogP contribution in [0.1, 0.15) is 39.7 Å². The molecular formula is C18H29N3O2. The molecule has 1 aromatic rings. The highest BCUT2D eigenvalue weighted by molar-refractivity contribution is 5.95. The number of aryl methyl sites for hydroxylation is 1. The summed E-state index contributed by atoms with van der Waals surface area (Å²) in [6.45, 7) is 9.79. The summed E-state index contributed by atoms with van der Waals surface area (Å²) in [6.07, 6.45) is 1.97. The van der Waals surface area contributed by atoms with Crippen LogP contribution in [0.4, 0.5) is 11.4 Å². The van der Waals surface area contributed by atoms with Crippen molar-refractivity contribution in [3.8, 4) is 0 Å². The second-order valence-corrected chi connectivity index (χ2v) is 6.39. The number of anilines is 2. The number of carbonyl (C=O) groups excluding carboxylic acids is 1. The maximum Gasteiger partial charge on any atom is 0.241 e. The molecule has 128 valence electrons. The molecule has 1 amide bonds. The lowest BCUT2D eigenvalue weighted by Gasteiger charge is -2.39. The summed E-state index contributed by atoms with van der Waals surface area (Å²) < 4.78 is 5.76. The smallest absolute Gasteiger partial charge is 0.241 e. The first-order valence-corrected chi connectivity index (χ1v) is 8.53. The third-order valence-corrected chi connectivity index (χ3v) is 4.37. The summed E-state index contributed by atoms with van der Waals surface area (Å²) in [5.41, 5.74) is 8.61. The van der Waals surface area contributed by atoms with Gasteiger partial charge in [0, 0.05) is 24.5 Å². The Morgan fingerprint density at radius 3 is 2.52 bits per heavy atom. The molecule has 0 saturated carbocycles. The Morgan fingerprint density at radius 2 is 2.00 bits per heavy atom. The van der Waals surface area contributed by atoms with Crippen molar-refractivity contribution >= 4 is 17.3 Å². The van der Waals surface area contributed by atoms with Gasteiger partial charge in [-0.1, -0.05) is 19.9 Å². The number of rotatable bonds is 5. The Bertz CT molecular complexity index is 537. The van der Waals surface area contributed by atoms with Crippen molar-refractivity contribution in [1.82, 2.24) is 4.90 Å². The van der Waals surface area contributed by atoms with Gasteiger partial charge in [-0.25, -0.2) is 0 Å². The van der Waals surface area contributed by atoms with E-state index in [0.717, 1.165) is 42.9 Å². The SMILES string of the molecule is CCc1ccc(NC(=O)C(CC)N2CC(C)OC(C)C2)cc1N. The molecule has 1 aliphatic heterocycles. The first-order valence-electron chi connectivity index (χ1n) is 8.53. The highest BCUT2D eigenvalue weighted by atomic mass is 16.5. The summed E-state index contributed by atoms with van der Waals surface area (Å²) in [4.78, 5) is 14.9. The lowest BCUT2D eigenvalue weighted by Crippen LogP contribution is -2.53. The normalized spacial score (nSPS) is 23.5. The van der Waals surface area contributed by atoms with E-state index >= 15 is 0 Å². The van der Waals surface area contributed by atoms with Crippen LogP contribution in [0.3, 0.4) is 0 Å². The molecule has 0 bridgehead atoms. The summed E-state index contributed by atoms with van der Waals surface area (Å²) >= 11 is 0. The molecule has 5 heteroatoms. The van der Waals surface area contributed by atoms with Gasteiger partial charge in [-0.15, -0.1) is 0 Å². The minimum atomic E-state index is -0.143. The molecule has 2 rings (SSSR count). The van der Waals surface area contributed by atoms with Crippen LogP contribution in [-0.4, -0.2) is 42.1 Å². The molecule has 1 aromatic carbocycles. The molecular weight excluding hydrogens is 290 g/mol. The van der Waals surface area contributed by atoms with E-state index in [9.17, 15) is 4.79 Å². The Kier molecular flexibility index (Phi) is 6.02. The molecule has 0 aromatic heterocycles. The van der Waals surface area contributed by atoms with Crippen LogP contribution in [0.2, 0.25) is 0 Å². The quantitative estimate of drug-likeness (QED) is 0.819. The van der Waals surface area contributed by atoms with Gasteiger partial charge < -0.3 is 15.8 Å². The van der Waals surface area contributed by atoms with Gasteiger partial charge in [-0.3, -0.25) is 9.69 Å². The number of nitrogen functional groups attached to an aromatic ring is 1. The fraction of sp³-hybridized carbons (Fsp3) is 0.611. The highest BCUT2D eigenvalue weighted by Crippen LogP contribution is 2.20. The molecule has 0 spiro atoms. The van der Waals surface area contributed by atoms with Gasteiger partial charge in [0.05, 0.1) is 18.2 Å². The van der Waals surface area contributed by atoms with Gasteiger partial charge in [-0.05, 0) is 44.4 Å². The Hall–Kier alpha value is -1.59. The van der Waals surface area contributed by atoms with Crippen molar-refractivity contribution in [1.29, 1.82) is 0 Å². The molecule has 23 heavy (non-hydrogen) atoms. The standard InChI is InChI=1S/C18H29N3O2/c1-5-14-7-8-15(9-16(14)19)20-18(22)17(6-2)21-10-12(3)23-13(4)11-21/h7-9,12-13,17H,5-6,10-11,19H2,1-4H3,(H,20,22). The molecule has 3 N–H and O–H groups in total. The molecule has 5 nitrogen and oxygen atoms in total. The third-order valence-electron chi connectivity index (χ3n) is 4.37. The van der Waals surface area contributed by atoms with Crippen molar-refractivity contribution in [2.24, 2.45) is 0 Å². The summed E-state index contributed by atoms with van der Waals surface area (Å²) in [7, 11) is 0. The topological polar surface area (TPSA) is 67.6 Å². The Balaban J connectivity index is 2.06. The van der Waals surface area contributed by atoms with E-state index in [2.05, 4.69) is 31.0 Å². The number of carbonyl (C=O) groups is 1. The van der Waals surface area contributed by atoms with E-state index in [1.54, 1.807) is 0 Å². The van der Waals surface area contributed by atoms with Crippen molar-refractivity contribution in [2.45, 2.75) is 58.8 Å². The average Bonchev–Trinajstić information content (AvgIpc) is 2.47. The summed E-state index contributed by atoms with van der Waals surface area (Å²) in [6, 6.07) is 5.60. The monoisotopic (exact) mass is 319 g/mol. The molecule has 1 fully saturated rings. The number of amides is 1. The van der Waals surface area contributed by atoms with Gasteiger partial charge in [0.1, 0.15) is 0 Å². The number of nitrogens with two attached hydrogens (primary N) is 1. The Labute approximate surface area is 139 Å². The first kappa shape index (κ1) is 17.8. The second kappa shape index (κ2) is 7.79. The minimum Gasteiger partial charge on any atom is -0.398 e. The third kappa shape index (κ3) is 4.45. The van der Waals surface area contributed by atoms with Crippen LogP contribution >= 0.6 is 0 Å². The largest absolute Gasteiger partial charge is 0.398 e. The lowest BCUT2D eigenvalue weighted by molar-refractivity contribution is -0.128. The van der Waals surface area contributed by atoms with Gasteiger partial charge in [-0.2, -0.15) is 0 Å². The van der Waals surface area contributed by atoms with E-state index < -0.39 is 0 Å². The van der Waals surface area contributed by atoms with E-state index in [1.165, 1.54) is 0 Å². The van der Waals surface area contributed by atoms with E-state index in [-0.39, 0.29) is 24.2 Å². The zero-order valence-corrected chi connectivity index (χ0v) is 14.6. The van der Waals surface area contributed by atoms with Crippen molar-refractivity contribution < 1.29 is 9.53 Å². The zero-order valence-electron chi connectivity index (χ0n) is 14.6. The summed E-state index contributed by atoms with van der Waals surface area (Å²) in [5, 5.41) is 3.01. The van der Waals surface area contributed by atoms with Gasteiger partial charge >= 0.3 is 0 Å². The minimum absolute atomic E-state index is 0.0254. The number of benzene rings is 1. The predicted octanol–water partition coefficient (Wildman–Crippen LogP) is 2.66. The molecule has 1 aliphatic rings. The van der Waals surface area contributed by atoms with Crippen molar-refractivity contribution in [3.63, 3.8) is 0 Å². The number of nitrogens with zero attached hydrogens (tertiary/aromatic N) is 1. The van der Waals surface area contributed by atoms with E-state index in [1.807, 2.05) is 25.1 Å². The highest BCUT2D eigenvalue weighted by Gasteiger charge is 2.31. The molecule has 1 saturated heterocycles. The maximum absolute atomic E-state index is 12.7.